The van der Waals surface area contributed by atoms with Crippen molar-refractivity contribution in [1.82, 2.24) is 0 Å². The summed E-state index contributed by atoms with van der Waals surface area (Å²) >= 11 is 0. The molecule has 0 aromatic heterocycles. The van der Waals surface area contributed by atoms with Crippen LogP contribution in [0.5, 0.6) is 0 Å². The van der Waals surface area contributed by atoms with Gasteiger partial charge in [-0.3, -0.25) is 0 Å². The molecule has 7 aromatic carbocycles. The van der Waals surface area contributed by atoms with Crippen molar-refractivity contribution in [2.24, 2.45) is 4.99 Å². The van der Waals surface area contributed by atoms with E-state index in [0.717, 1.165) is 17.8 Å². The van der Waals surface area contributed by atoms with Gasteiger partial charge in [-0.1, -0.05) is 24.3 Å². The number of rotatable bonds is 4. The molecule has 9 rings (SSSR count). The van der Waals surface area contributed by atoms with E-state index < -0.39 is 6.95 Å². The molecule has 0 amide bonds. The van der Waals surface area contributed by atoms with Gasteiger partial charge in [-0.05, 0) is 0 Å². The fourth-order valence-corrected chi connectivity index (χ4v) is 12.3. The fraction of sp³-hybridized carbons (Fsp3) is 0.0227. The average molecular weight is 638 g/mol. The van der Waals surface area contributed by atoms with E-state index in [-0.39, 0.29) is 0 Å². The first-order chi connectivity index (χ1) is 23.1. The SMILES string of the molecule is P[PH](c1ccccc1)(c1ccccc1)c1ccc2ccc(-c3ccc4c(c3)C3=Nc5ccccc5C=C(C3)c3ccccc3-4)cc2c1. The first-order valence-corrected chi connectivity index (χ1v) is 20.0. The summed E-state index contributed by atoms with van der Waals surface area (Å²) in [7, 11) is 3.33. The summed E-state index contributed by atoms with van der Waals surface area (Å²) in [6.45, 7) is -2.30. The Morgan fingerprint density at radius 2 is 1.09 bits per heavy atom. The number of nitrogens with zero attached hydrogens (tertiary/aromatic N) is 1. The molecule has 1 aliphatic carbocycles. The molecule has 1 heterocycles. The van der Waals surface area contributed by atoms with E-state index in [1.165, 1.54) is 71.2 Å². The molecule has 3 heteroatoms. The predicted octanol–water partition coefficient (Wildman–Crippen LogP) is 10.4. The van der Waals surface area contributed by atoms with Crippen molar-refractivity contribution >= 4 is 65.6 Å². The Morgan fingerprint density at radius 1 is 0.468 bits per heavy atom. The van der Waals surface area contributed by atoms with Crippen LogP contribution in [-0.4, -0.2) is 5.71 Å². The number of aliphatic imine (C=N–C) groups is 1. The van der Waals surface area contributed by atoms with E-state index in [9.17, 15) is 0 Å². The van der Waals surface area contributed by atoms with Gasteiger partial charge >= 0.3 is 255 Å². The number of hydrogen-bond acceptors (Lipinski definition) is 1. The first kappa shape index (κ1) is 28.3. The molecular weight excluding hydrogens is 604 g/mol. The third-order valence-electron chi connectivity index (χ3n) is 9.86. The van der Waals surface area contributed by atoms with Crippen LogP contribution in [0.25, 0.3) is 44.7 Å². The molecule has 2 bridgehead atoms. The molecule has 7 aromatic rings. The van der Waals surface area contributed by atoms with Crippen LogP contribution in [0.3, 0.4) is 0 Å². The van der Waals surface area contributed by atoms with E-state index in [4.69, 9.17) is 4.99 Å². The summed E-state index contributed by atoms with van der Waals surface area (Å²) < 4.78 is 0. The van der Waals surface area contributed by atoms with Crippen LogP contribution in [0.4, 0.5) is 5.69 Å². The van der Waals surface area contributed by atoms with Crippen LogP contribution < -0.4 is 15.9 Å². The van der Waals surface area contributed by atoms with Crippen LogP contribution in [0, 0.1) is 0 Å². The van der Waals surface area contributed by atoms with Crippen LogP contribution in [0.15, 0.2) is 169 Å². The zero-order valence-electron chi connectivity index (χ0n) is 25.9. The number of allylic oxidation sites excluding steroid dienone is 1. The fourth-order valence-electron chi connectivity index (χ4n) is 7.41. The van der Waals surface area contributed by atoms with Crippen molar-refractivity contribution in [3.05, 3.63) is 180 Å². The Morgan fingerprint density at radius 3 is 1.87 bits per heavy atom. The summed E-state index contributed by atoms with van der Waals surface area (Å²) in [6, 6.07) is 60.3. The second-order valence-corrected chi connectivity index (χ2v) is 18.5. The topological polar surface area (TPSA) is 12.4 Å². The van der Waals surface area contributed by atoms with E-state index in [1.54, 1.807) is 0 Å². The van der Waals surface area contributed by atoms with Gasteiger partial charge in [0.25, 0.3) is 0 Å². The van der Waals surface area contributed by atoms with Gasteiger partial charge in [-0.25, -0.2) is 0 Å². The summed E-state index contributed by atoms with van der Waals surface area (Å²) in [6.07, 6.45) is 3.14. The third-order valence-corrected chi connectivity index (χ3v) is 16.6. The molecule has 1 nitrogen and oxygen atoms in total. The van der Waals surface area contributed by atoms with Gasteiger partial charge in [0.1, 0.15) is 0 Å². The Balaban J connectivity index is 1.20. The molecule has 47 heavy (non-hydrogen) atoms. The van der Waals surface area contributed by atoms with E-state index >= 15 is 0 Å². The summed E-state index contributed by atoms with van der Waals surface area (Å²) in [4.78, 5) is 5.29. The number of benzene rings is 7. The second kappa shape index (κ2) is 11.4. The normalized spacial score (nSPS) is 13.7. The van der Waals surface area contributed by atoms with Gasteiger partial charge in [-0.15, -0.1) is 0 Å². The van der Waals surface area contributed by atoms with Crippen molar-refractivity contribution in [2.75, 3.05) is 0 Å². The molecule has 2 aliphatic rings. The first-order valence-electron chi connectivity index (χ1n) is 16.2. The summed E-state index contributed by atoms with van der Waals surface area (Å²) in [5, 5.41) is 6.67. The molecule has 1 unspecified atom stereocenters. The quantitative estimate of drug-likeness (QED) is 0.170. The zero-order valence-corrected chi connectivity index (χ0v) is 28.1. The van der Waals surface area contributed by atoms with Gasteiger partial charge in [-0.2, -0.15) is 0 Å². The molecule has 1 atom stereocenters. The monoisotopic (exact) mass is 637 g/mol. The maximum atomic E-state index is 5.29. The van der Waals surface area contributed by atoms with Gasteiger partial charge in [0.2, 0.25) is 0 Å². The third kappa shape index (κ3) is 4.82. The molecule has 0 spiro atoms. The molecule has 0 N–H and O–H groups in total. The summed E-state index contributed by atoms with van der Waals surface area (Å²) in [5.74, 6) is 0. The van der Waals surface area contributed by atoms with Gasteiger partial charge in [0, 0.05) is 0 Å². The van der Waals surface area contributed by atoms with Crippen molar-refractivity contribution in [3.63, 3.8) is 0 Å². The standard InChI is InChI=1S/C44H33NP2/c46-47(36-12-3-1-4-13-36,37-14-5-2-6-15-37)38-23-21-30-19-20-31(25-34(30)27-38)32-22-24-41-40-17-9-8-16-39(40)35-26-33-11-7-10-18-43(33)45-44(29-35)42(41)28-32/h1-28,47H,29,46H2. The Hall–Kier alpha value is -4.93. The minimum atomic E-state index is -2.30. The van der Waals surface area contributed by atoms with Gasteiger partial charge in [0.15, 0.2) is 0 Å². The minimum absolute atomic E-state index is 0.809. The van der Waals surface area contributed by atoms with Crippen LogP contribution >= 0.6 is 15.9 Å². The maximum absolute atomic E-state index is 5.29. The molecule has 0 fully saturated rings. The molecule has 224 valence electrons. The number of hydrogen-bond donors (Lipinski definition) is 0. The van der Waals surface area contributed by atoms with Crippen molar-refractivity contribution in [1.29, 1.82) is 0 Å². The Kier molecular flexibility index (Phi) is 6.86. The van der Waals surface area contributed by atoms with Gasteiger partial charge in [0.05, 0.1) is 0 Å². The van der Waals surface area contributed by atoms with Crippen LogP contribution in [0.2, 0.25) is 0 Å². The van der Waals surface area contributed by atoms with Crippen molar-refractivity contribution in [3.8, 4) is 22.3 Å². The molecule has 0 saturated heterocycles. The summed E-state index contributed by atoms with van der Waals surface area (Å²) in [5.41, 5.74) is 12.1. The predicted molar refractivity (Wildman–Crippen MR) is 210 cm³/mol. The molecule has 0 radical (unpaired) electrons. The van der Waals surface area contributed by atoms with Crippen molar-refractivity contribution in [2.45, 2.75) is 6.42 Å². The molecule has 1 aliphatic heterocycles. The zero-order chi connectivity index (χ0) is 31.4. The molecule has 0 saturated carbocycles. The van der Waals surface area contributed by atoms with Crippen LogP contribution in [0.1, 0.15) is 23.1 Å². The van der Waals surface area contributed by atoms with Crippen molar-refractivity contribution < 1.29 is 0 Å². The van der Waals surface area contributed by atoms with E-state index in [0.29, 0.717) is 0 Å². The van der Waals surface area contributed by atoms with E-state index in [1.807, 2.05) is 0 Å². The molecular formula is C44H33NP2. The second-order valence-electron chi connectivity index (χ2n) is 12.6. The Labute approximate surface area is 278 Å². The van der Waals surface area contributed by atoms with Crippen LogP contribution in [-0.2, 0) is 0 Å². The number of fused-ring (bicyclic) bond motifs is 9. The number of para-hydroxylation sites is 1. The van der Waals surface area contributed by atoms with E-state index in [2.05, 4.69) is 179 Å². The van der Waals surface area contributed by atoms with Gasteiger partial charge < -0.3 is 0 Å². The Bertz CT molecular complexity index is 2350. The average Bonchev–Trinajstić information content (AvgIpc) is 3.41.